The van der Waals surface area contributed by atoms with Crippen LogP contribution in [-0.2, 0) is 11.2 Å². The standard InChI is InChI=1S/C23H26N4O3/c1-29-20-12-10-17(11-13-20)23-25-21(30-26-23)8-5-9-22(28)27-15-14-19(16-27)24-18-6-3-2-4-7-18/h2-4,6-7,10-13,19,24H,5,8-9,14-16H2,1H3. The quantitative estimate of drug-likeness (QED) is 0.613. The SMILES string of the molecule is COc1ccc(-c2noc(CCCC(=O)N3CCC(Nc4ccccc4)C3)n2)cc1. The molecule has 0 bridgehead atoms. The van der Waals surface area contributed by atoms with Crippen LogP contribution < -0.4 is 10.1 Å². The zero-order valence-corrected chi connectivity index (χ0v) is 17.1. The van der Waals surface area contributed by atoms with E-state index in [1.54, 1.807) is 7.11 Å². The van der Waals surface area contributed by atoms with Gasteiger partial charge < -0.3 is 19.5 Å². The van der Waals surface area contributed by atoms with Crippen LogP contribution in [0.1, 0.15) is 25.2 Å². The Labute approximate surface area is 176 Å². The maximum Gasteiger partial charge on any atom is 0.226 e. The maximum absolute atomic E-state index is 12.5. The molecular formula is C23H26N4O3. The molecule has 1 amide bonds. The predicted octanol–water partition coefficient (Wildman–Crippen LogP) is 3.78. The largest absolute Gasteiger partial charge is 0.497 e. The fourth-order valence-corrected chi connectivity index (χ4v) is 3.64. The number of nitrogens with one attached hydrogen (secondary N) is 1. The minimum atomic E-state index is 0.183. The molecule has 1 aliphatic rings. The smallest absolute Gasteiger partial charge is 0.226 e. The van der Waals surface area contributed by atoms with Crippen molar-refractivity contribution >= 4 is 11.6 Å². The van der Waals surface area contributed by atoms with E-state index in [0.29, 0.717) is 37.0 Å². The normalized spacial score (nSPS) is 15.9. The fourth-order valence-electron chi connectivity index (χ4n) is 3.64. The zero-order chi connectivity index (χ0) is 20.8. The van der Waals surface area contributed by atoms with Crippen LogP contribution in [0, 0.1) is 0 Å². The van der Waals surface area contributed by atoms with E-state index in [1.165, 1.54) is 0 Å². The number of para-hydroxylation sites is 1. The lowest BCUT2D eigenvalue weighted by Gasteiger charge is -2.17. The van der Waals surface area contributed by atoms with Crippen LogP contribution in [-0.4, -0.2) is 47.2 Å². The molecule has 0 aliphatic carbocycles. The Balaban J connectivity index is 1.22. The fraction of sp³-hybridized carbons (Fsp3) is 0.348. The van der Waals surface area contributed by atoms with Crippen LogP contribution in [0.15, 0.2) is 59.1 Å². The first kappa shape index (κ1) is 19.9. The minimum absolute atomic E-state index is 0.183. The molecule has 1 saturated heterocycles. The van der Waals surface area contributed by atoms with Gasteiger partial charge in [-0.1, -0.05) is 23.4 Å². The Morgan fingerprint density at radius 3 is 2.77 bits per heavy atom. The second kappa shape index (κ2) is 9.43. The van der Waals surface area contributed by atoms with Crippen LogP contribution in [0.5, 0.6) is 5.75 Å². The van der Waals surface area contributed by atoms with Crippen LogP contribution in [0.4, 0.5) is 5.69 Å². The van der Waals surface area contributed by atoms with Gasteiger partial charge in [-0.15, -0.1) is 0 Å². The number of rotatable bonds is 8. The van der Waals surface area contributed by atoms with E-state index in [9.17, 15) is 4.79 Å². The van der Waals surface area contributed by atoms with E-state index < -0.39 is 0 Å². The molecule has 4 rings (SSSR count). The first-order valence-corrected chi connectivity index (χ1v) is 10.3. The van der Waals surface area contributed by atoms with Crippen LogP contribution >= 0.6 is 0 Å². The van der Waals surface area contributed by atoms with Crippen molar-refractivity contribution in [2.75, 3.05) is 25.5 Å². The Morgan fingerprint density at radius 1 is 1.20 bits per heavy atom. The summed E-state index contributed by atoms with van der Waals surface area (Å²) < 4.78 is 10.5. The predicted molar refractivity (Wildman–Crippen MR) is 114 cm³/mol. The number of carbonyl (C=O) groups is 1. The molecular weight excluding hydrogens is 380 g/mol. The van der Waals surface area contributed by atoms with Gasteiger partial charge in [0.1, 0.15) is 5.75 Å². The Bertz CT molecular complexity index is 956. The highest BCUT2D eigenvalue weighted by molar-refractivity contribution is 5.76. The molecule has 1 aromatic heterocycles. The summed E-state index contributed by atoms with van der Waals surface area (Å²) in [6.07, 6.45) is 2.73. The summed E-state index contributed by atoms with van der Waals surface area (Å²) in [5.74, 6) is 2.07. The topological polar surface area (TPSA) is 80.5 Å². The number of carbonyl (C=O) groups excluding carboxylic acids is 1. The zero-order valence-electron chi connectivity index (χ0n) is 17.1. The number of anilines is 1. The lowest BCUT2D eigenvalue weighted by molar-refractivity contribution is -0.130. The minimum Gasteiger partial charge on any atom is -0.497 e. The molecule has 1 fully saturated rings. The molecule has 0 saturated carbocycles. The molecule has 0 radical (unpaired) electrons. The van der Waals surface area contributed by atoms with Crippen molar-refractivity contribution in [2.24, 2.45) is 0 Å². The number of hydrogen-bond donors (Lipinski definition) is 1. The summed E-state index contributed by atoms with van der Waals surface area (Å²) >= 11 is 0. The molecule has 2 aromatic carbocycles. The van der Waals surface area contributed by atoms with Crippen molar-refractivity contribution in [2.45, 2.75) is 31.7 Å². The molecule has 2 heterocycles. The van der Waals surface area contributed by atoms with Crippen molar-refractivity contribution in [1.82, 2.24) is 15.0 Å². The summed E-state index contributed by atoms with van der Waals surface area (Å²) in [6, 6.07) is 17.9. The maximum atomic E-state index is 12.5. The number of methoxy groups -OCH3 is 1. The summed E-state index contributed by atoms with van der Waals surface area (Å²) in [4.78, 5) is 18.9. The monoisotopic (exact) mass is 406 g/mol. The van der Waals surface area contributed by atoms with E-state index in [2.05, 4.69) is 27.6 Å². The molecule has 3 aromatic rings. The summed E-state index contributed by atoms with van der Waals surface area (Å²) in [6.45, 7) is 1.54. The van der Waals surface area contributed by atoms with E-state index in [0.717, 1.165) is 36.5 Å². The third-order valence-corrected chi connectivity index (χ3v) is 5.28. The third-order valence-electron chi connectivity index (χ3n) is 5.28. The van der Waals surface area contributed by atoms with Gasteiger partial charge in [0.05, 0.1) is 7.11 Å². The van der Waals surface area contributed by atoms with Crippen molar-refractivity contribution in [3.05, 3.63) is 60.5 Å². The highest BCUT2D eigenvalue weighted by atomic mass is 16.5. The molecule has 1 atom stereocenters. The van der Waals surface area contributed by atoms with Crippen LogP contribution in [0.2, 0.25) is 0 Å². The highest BCUT2D eigenvalue weighted by Gasteiger charge is 2.25. The second-order valence-electron chi connectivity index (χ2n) is 7.43. The molecule has 30 heavy (non-hydrogen) atoms. The molecule has 156 valence electrons. The Morgan fingerprint density at radius 2 is 2.00 bits per heavy atom. The van der Waals surface area contributed by atoms with Gasteiger partial charge in [0, 0.05) is 43.2 Å². The number of benzene rings is 2. The van der Waals surface area contributed by atoms with Gasteiger partial charge in [0.25, 0.3) is 0 Å². The first-order valence-electron chi connectivity index (χ1n) is 10.3. The number of aromatic nitrogens is 2. The first-order chi connectivity index (χ1) is 14.7. The number of amides is 1. The van der Waals surface area contributed by atoms with Gasteiger partial charge in [0.15, 0.2) is 0 Å². The van der Waals surface area contributed by atoms with Crippen molar-refractivity contribution in [3.63, 3.8) is 0 Å². The average Bonchev–Trinajstić information content (AvgIpc) is 3.44. The number of nitrogens with zero attached hydrogens (tertiary/aromatic N) is 3. The van der Waals surface area contributed by atoms with Gasteiger partial charge in [-0.3, -0.25) is 4.79 Å². The molecule has 1 N–H and O–H groups in total. The second-order valence-corrected chi connectivity index (χ2v) is 7.43. The number of aryl methyl sites for hydroxylation is 1. The highest BCUT2D eigenvalue weighted by Crippen LogP contribution is 2.21. The molecule has 7 nitrogen and oxygen atoms in total. The van der Waals surface area contributed by atoms with E-state index in [-0.39, 0.29) is 5.91 Å². The number of likely N-dealkylation sites (tertiary alicyclic amines) is 1. The average molecular weight is 406 g/mol. The molecule has 7 heteroatoms. The Hall–Kier alpha value is -3.35. The van der Waals surface area contributed by atoms with E-state index >= 15 is 0 Å². The van der Waals surface area contributed by atoms with Gasteiger partial charge in [-0.25, -0.2) is 0 Å². The Kier molecular flexibility index (Phi) is 6.27. The molecule has 1 aliphatic heterocycles. The van der Waals surface area contributed by atoms with Crippen LogP contribution in [0.25, 0.3) is 11.4 Å². The van der Waals surface area contributed by atoms with Crippen molar-refractivity contribution < 1.29 is 14.1 Å². The van der Waals surface area contributed by atoms with Gasteiger partial charge in [-0.2, -0.15) is 4.98 Å². The van der Waals surface area contributed by atoms with Crippen molar-refractivity contribution in [3.8, 4) is 17.1 Å². The van der Waals surface area contributed by atoms with Gasteiger partial charge in [0.2, 0.25) is 17.6 Å². The van der Waals surface area contributed by atoms with E-state index in [1.807, 2.05) is 47.4 Å². The van der Waals surface area contributed by atoms with Gasteiger partial charge in [-0.05, 0) is 49.2 Å². The van der Waals surface area contributed by atoms with Gasteiger partial charge >= 0.3 is 0 Å². The van der Waals surface area contributed by atoms with E-state index in [4.69, 9.17) is 9.26 Å². The molecule has 1 unspecified atom stereocenters. The van der Waals surface area contributed by atoms with Crippen molar-refractivity contribution in [1.29, 1.82) is 0 Å². The third kappa shape index (κ3) is 4.97. The summed E-state index contributed by atoms with van der Waals surface area (Å²) in [5.41, 5.74) is 1.97. The lowest BCUT2D eigenvalue weighted by atomic mass is 10.2. The summed E-state index contributed by atoms with van der Waals surface area (Å²) in [5, 5.41) is 7.53. The lowest BCUT2D eigenvalue weighted by Crippen LogP contribution is -2.31. The number of ether oxygens (including phenoxy) is 1. The summed E-state index contributed by atoms with van der Waals surface area (Å²) in [7, 11) is 1.63. The van der Waals surface area contributed by atoms with Crippen LogP contribution in [0.3, 0.4) is 0 Å². The molecule has 0 spiro atoms. The number of hydrogen-bond acceptors (Lipinski definition) is 6.